The number of amides is 2. The number of hydrogen-bond donors (Lipinski definition) is 2. The average Bonchev–Trinajstić information content (AvgIpc) is 2.85. The highest BCUT2D eigenvalue weighted by Crippen LogP contribution is 2.44. The van der Waals surface area contributed by atoms with Crippen molar-refractivity contribution >= 4 is 22.7 Å². The number of aromatic nitrogens is 1. The minimum atomic E-state index is -4.42. The van der Waals surface area contributed by atoms with Crippen molar-refractivity contribution in [1.82, 2.24) is 15.2 Å². The van der Waals surface area contributed by atoms with E-state index in [1.54, 1.807) is 35.4 Å². The van der Waals surface area contributed by atoms with Crippen molar-refractivity contribution in [3.63, 3.8) is 0 Å². The van der Waals surface area contributed by atoms with Crippen LogP contribution in [0.5, 0.6) is 0 Å². The fraction of sp³-hybridized carbons (Fsp3) is 0.393. The Hall–Kier alpha value is -3.37. The van der Waals surface area contributed by atoms with Crippen LogP contribution in [0.4, 0.5) is 17.6 Å². The third-order valence-electron chi connectivity index (χ3n) is 7.68. The molecule has 38 heavy (non-hydrogen) atoms. The first-order valence-electron chi connectivity index (χ1n) is 12.4. The third-order valence-corrected chi connectivity index (χ3v) is 7.68. The van der Waals surface area contributed by atoms with Crippen LogP contribution in [0.2, 0.25) is 0 Å². The van der Waals surface area contributed by atoms with Crippen molar-refractivity contribution in [2.45, 2.75) is 56.1 Å². The molecule has 5 rings (SSSR count). The van der Waals surface area contributed by atoms with E-state index in [-0.39, 0.29) is 37.7 Å². The number of piperidine rings is 2. The topological polar surface area (TPSA) is 82.5 Å². The number of likely N-dealkylation sites (tertiary alicyclic amines) is 1. The van der Waals surface area contributed by atoms with Crippen molar-refractivity contribution < 1.29 is 32.3 Å². The van der Waals surface area contributed by atoms with Crippen LogP contribution in [0.15, 0.2) is 54.7 Å². The first kappa shape index (κ1) is 26.2. The van der Waals surface area contributed by atoms with Crippen molar-refractivity contribution in [3.8, 4) is 0 Å². The van der Waals surface area contributed by atoms with Crippen LogP contribution in [0.1, 0.15) is 54.4 Å². The summed E-state index contributed by atoms with van der Waals surface area (Å²) in [6.07, 6.45) is -2.14. The van der Waals surface area contributed by atoms with E-state index >= 15 is 4.39 Å². The number of alkyl halides is 4. The lowest BCUT2D eigenvalue weighted by atomic mass is 9.74. The highest BCUT2D eigenvalue weighted by Gasteiger charge is 2.52. The molecule has 2 aliphatic rings. The number of fused-ring (bicyclic) bond motifs is 1. The maximum Gasteiger partial charge on any atom is 0.416 e. The van der Waals surface area contributed by atoms with Gasteiger partial charge in [-0.2, -0.15) is 13.2 Å². The Kier molecular flexibility index (Phi) is 6.51. The van der Waals surface area contributed by atoms with Gasteiger partial charge in [0.05, 0.1) is 17.0 Å². The zero-order valence-corrected chi connectivity index (χ0v) is 20.7. The highest BCUT2D eigenvalue weighted by molar-refractivity contribution is 6.01. The van der Waals surface area contributed by atoms with E-state index in [0.717, 1.165) is 12.1 Å². The molecule has 3 atom stereocenters. The van der Waals surface area contributed by atoms with Gasteiger partial charge in [-0.05, 0) is 66.8 Å². The molecule has 2 N–H and O–H groups in total. The van der Waals surface area contributed by atoms with E-state index < -0.39 is 28.9 Å². The Morgan fingerprint density at radius 3 is 2.53 bits per heavy atom. The van der Waals surface area contributed by atoms with Gasteiger partial charge >= 0.3 is 6.18 Å². The molecule has 0 bridgehead atoms. The normalized spacial score (nSPS) is 26.9. The van der Waals surface area contributed by atoms with Crippen LogP contribution in [0.3, 0.4) is 0 Å². The molecular formula is C28H27F4N3O3. The Labute approximate surface area is 216 Å². The van der Waals surface area contributed by atoms with E-state index in [9.17, 15) is 27.9 Å². The van der Waals surface area contributed by atoms with Crippen molar-refractivity contribution in [1.29, 1.82) is 0 Å². The molecule has 6 nitrogen and oxygen atoms in total. The quantitative estimate of drug-likeness (QED) is 0.382. The van der Waals surface area contributed by atoms with Gasteiger partial charge in [0.2, 0.25) is 11.8 Å². The number of carbonyl (C=O) groups excluding carboxylic acids is 2. The zero-order chi connectivity index (χ0) is 27.3. The summed E-state index contributed by atoms with van der Waals surface area (Å²) >= 11 is 0. The van der Waals surface area contributed by atoms with Crippen molar-refractivity contribution in [3.05, 3.63) is 77.0 Å². The molecule has 2 aliphatic heterocycles. The third kappa shape index (κ3) is 4.90. The highest BCUT2D eigenvalue weighted by atomic mass is 19.4. The monoisotopic (exact) mass is 529 g/mol. The molecule has 0 saturated carbocycles. The molecule has 2 fully saturated rings. The first-order chi connectivity index (χ1) is 17.9. The molecule has 2 amide bonds. The molecular weight excluding hydrogens is 502 g/mol. The van der Waals surface area contributed by atoms with Gasteiger partial charge < -0.3 is 5.11 Å². The summed E-state index contributed by atoms with van der Waals surface area (Å²) in [6, 6.07) is 11.6. The number of carbonyl (C=O) groups is 2. The van der Waals surface area contributed by atoms with Crippen molar-refractivity contribution in [2.24, 2.45) is 0 Å². The average molecular weight is 530 g/mol. The summed E-state index contributed by atoms with van der Waals surface area (Å²) in [5.74, 6) is -1.21. The smallest absolute Gasteiger partial charge is 0.382 e. The molecule has 2 aromatic carbocycles. The Morgan fingerprint density at radius 1 is 1.13 bits per heavy atom. The van der Waals surface area contributed by atoms with Gasteiger partial charge in [-0.15, -0.1) is 0 Å². The van der Waals surface area contributed by atoms with Crippen molar-refractivity contribution in [2.75, 3.05) is 13.1 Å². The lowest BCUT2D eigenvalue weighted by Crippen LogP contribution is -2.58. The van der Waals surface area contributed by atoms with Gasteiger partial charge in [-0.3, -0.25) is 24.8 Å². The van der Waals surface area contributed by atoms with Gasteiger partial charge in [0.15, 0.2) is 5.67 Å². The van der Waals surface area contributed by atoms with Crippen LogP contribution in [-0.4, -0.2) is 45.6 Å². The van der Waals surface area contributed by atoms with Crippen LogP contribution >= 0.6 is 0 Å². The summed E-state index contributed by atoms with van der Waals surface area (Å²) < 4.78 is 54.6. The fourth-order valence-electron chi connectivity index (χ4n) is 5.46. The minimum absolute atomic E-state index is 0.0758. The molecule has 0 unspecified atom stereocenters. The Bertz CT molecular complexity index is 1390. The van der Waals surface area contributed by atoms with Gasteiger partial charge in [0.1, 0.15) is 5.60 Å². The lowest BCUT2D eigenvalue weighted by molar-refractivity contribution is -0.148. The molecule has 3 aromatic rings. The van der Waals surface area contributed by atoms with Gasteiger partial charge in [-0.25, -0.2) is 4.39 Å². The molecule has 0 aliphatic carbocycles. The van der Waals surface area contributed by atoms with Gasteiger partial charge in [0, 0.05) is 37.6 Å². The van der Waals surface area contributed by atoms with Crippen LogP contribution < -0.4 is 5.32 Å². The Balaban J connectivity index is 1.36. The number of nitrogens with zero attached hydrogens (tertiary/aromatic N) is 2. The fourth-order valence-corrected chi connectivity index (χ4v) is 5.46. The van der Waals surface area contributed by atoms with Gasteiger partial charge in [-0.1, -0.05) is 18.2 Å². The molecule has 3 heterocycles. The summed E-state index contributed by atoms with van der Waals surface area (Å²) in [5.41, 5.74) is -2.34. The number of nitrogens with one attached hydrogen (secondary N) is 1. The first-order valence-corrected chi connectivity index (χ1v) is 12.4. The van der Waals surface area contributed by atoms with E-state index in [0.29, 0.717) is 40.6 Å². The predicted octanol–water partition coefficient (Wildman–Crippen LogP) is 4.60. The summed E-state index contributed by atoms with van der Waals surface area (Å²) in [6.45, 7) is 1.81. The number of pyridine rings is 1. The van der Waals surface area contributed by atoms with Crippen LogP contribution in [-0.2, 0) is 27.9 Å². The maximum absolute atomic E-state index is 16.1. The molecule has 10 heteroatoms. The van der Waals surface area contributed by atoms with Crippen LogP contribution in [0, 0.1) is 0 Å². The summed E-state index contributed by atoms with van der Waals surface area (Å²) in [5, 5.41) is 14.6. The summed E-state index contributed by atoms with van der Waals surface area (Å²) in [7, 11) is 0. The minimum Gasteiger partial charge on any atom is -0.382 e. The standard InChI is InChI=1S/C28H27F4N3O3/c1-26(29)16-35(15-17-2-4-20(5-3-17)28(30,31)32)11-10-27(26,38)21-6-8-23-18(13-21)12-19(14-33-23)22-7-9-24(36)34-25(22)37/h2-6,8,12-14,22,38H,7,9-11,15-16H2,1H3,(H,34,36,37)/t22-,26-,27-/m0/s1. The maximum atomic E-state index is 16.1. The van der Waals surface area contributed by atoms with E-state index in [1.807, 2.05) is 0 Å². The van der Waals surface area contributed by atoms with E-state index in [4.69, 9.17) is 0 Å². The molecule has 0 radical (unpaired) electrons. The predicted molar refractivity (Wildman–Crippen MR) is 132 cm³/mol. The van der Waals surface area contributed by atoms with E-state index in [1.165, 1.54) is 19.1 Å². The van der Waals surface area contributed by atoms with Crippen LogP contribution in [0.25, 0.3) is 10.9 Å². The molecule has 200 valence electrons. The zero-order valence-electron chi connectivity index (χ0n) is 20.7. The summed E-state index contributed by atoms with van der Waals surface area (Å²) in [4.78, 5) is 30.0. The molecule has 0 spiro atoms. The molecule has 1 aromatic heterocycles. The lowest BCUT2D eigenvalue weighted by Gasteiger charge is -2.47. The second kappa shape index (κ2) is 9.43. The number of halogens is 4. The number of benzene rings is 2. The number of aliphatic hydroxyl groups is 1. The molecule has 2 saturated heterocycles. The SMILES string of the molecule is C[C@]1(F)CN(Cc2ccc(C(F)(F)F)cc2)CC[C@]1(O)c1ccc2ncc([C@@H]3CCC(=O)NC3=O)cc2c1. The largest absolute Gasteiger partial charge is 0.416 e. The second-order valence-corrected chi connectivity index (χ2v) is 10.4. The van der Waals surface area contributed by atoms with Gasteiger partial charge in [0.25, 0.3) is 0 Å². The number of hydrogen-bond acceptors (Lipinski definition) is 5. The number of rotatable bonds is 4. The van der Waals surface area contributed by atoms with E-state index in [2.05, 4.69) is 10.3 Å². The Morgan fingerprint density at radius 2 is 1.87 bits per heavy atom. The second-order valence-electron chi connectivity index (χ2n) is 10.4. The number of imide groups is 1.